The Morgan fingerprint density at radius 2 is 1.68 bits per heavy atom. The Hall–Kier alpha value is -0.910. The van der Waals surface area contributed by atoms with E-state index >= 15 is 0 Å². The summed E-state index contributed by atoms with van der Waals surface area (Å²) < 4.78 is 26.1. The molecule has 0 amide bonds. The van der Waals surface area contributed by atoms with Crippen LogP contribution in [0.5, 0.6) is 0 Å². The zero-order chi connectivity index (χ0) is 14.1. The zero-order valence-corrected chi connectivity index (χ0v) is 12.6. The van der Waals surface area contributed by atoms with Crippen molar-refractivity contribution in [2.24, 2.45) is 0 Å². The van der Waals surface area contributed by atoms with Crippen LogP contribution in [0.15, 0.2) is 24.3 Å². The highest BCUT2D eigenvalue weighted by Crippen LogP contribution is 2.05. The highest BCUT2D eigenvalue weighted by molar-refractivity contribution is 7.89. The lowest BCUT2D eigenvalue weighted by Gasteiger charge is -2.07. The number of sulfonamides is 1. The molecule has 0 saturated heterocycles. The van der Waals surface area contributed by atoms with E-state index in [0.29, 0.717) is 13.0 Å². The van der Waals surface area contributed by atoms with Gasteiger partial charge in [-0.3, -0.25) is 0 Å². The van der Waals surface area contributed by atoms with Gasteiger partial charge in [0.15, 0.2) is 0 Å². The van der Waals surface area contributed by atoms with Crippen LogP contribution in [0.4, 0.5) is 0 Å². The highest BCUT2D eigenvalue weighted by atomic mass is 32.2. The zero-order valence-electron chi connectivity index (χ0n) is 11.8. The minimum atomic E-state index is -3.17. The van der Waals surface area contributed by atoms with Crippen LogP contribution in [0, 0.1) is 0 Å². The molecule has 19 heavy (non-hydrogen) atoms. The third-order valence-corrected chi connectivity index (χ3v) is 4.35. The van der Waals surface area contributed by atoms with Gasteiger partial charge in [-0.05, 0) is 37.1 Å². The lowest BCUT2D eigenvalue weighted by Crippen LogP contribution is -2.28. The standard InChI is InChI=1S/C14H24N2O2S/c1-3-13-6-8-14(9-7-13)12-16-19(17,18)11-5-10-15-4-2/h6-9,15-16H,3-5,10-12H2,1-2H3. The van der Waals surface area contributed by atoms with Crippen LogP contribution < -0.4 is 10.0 Å². The molecule has 0 saturated carbocycles. The van der Waals surface area contributed by atoms with Crippen LogP contribution in [0.1, 0.15) is 31.4 Å². The van der Waals surface area contributed by atoms with Gasteiger partial charge in [-0.1, -0.05) is 38.1 Å². The van der Waals surface area contributed by atoms with Crippen LogP contribution in [-0.4, -0.2) is 27.3 Å². The molecule has 1 aromatic rings. The van der Waals surface area contributed by atoms with Gasteiger partial charge >= 0.3 is 0 Å². The summed E-state index contributed by atoms with van der Waals surface area (Å²) in [6.07, 6.45) is 1.63. The second kappa shape index (κ2) is 8.30. The van der Waals surface area contributed by atoms with Gasteiger partial charge in [0.25, 0.3) is 0 Å². The molecule has 0 fully saturated rings. The summed E-state index contributed by atoms with van der Waals surface area (Å²) in [6.45, 7) is 6.09. The molecule has 0 unspecified atom stereocenters. The topological polar surface area (TPSA) is 58.2 Å². The Morgan fingerprint density at radius 3 is 2.26 bits per heavy atom. The van der Waals surface area contributed by atoms with Gasteiger partial charge < -0.3 is 5.32 Å². The summed E-state index contributed by atoms with van der Waals surface area (Å²) in [7, 11) is -3.17. The van der Waals surface area contributed by atoms with E-state index in [1.165, 1.54) is 5.56 Å². The monoisotopic (exact) mass is 284 g/mol. The van der Waals surface area contributed by atoms with Gasteiger partial charge in [0, 0.05) is 6.54 Å². The van der Waals surface area contributed by atoms with Crippen molar-refractivity contribution in [3.63, 3.8) is 0 Å². The molecule has 0 aliphatic heterocycles. The van der Waals surface area contributed by atoms with Crippen LogP contribution in [-0.2, 0) is 23.0 Å². The van der Waals surface area contributed by atoms with Crippen molar-refractivity contribution < 1.29 is 8.42 Å². The smallest absolute Gasteiger partial charge is 0.211 e. The fourth-order valence-corrected chi connectivity index (χ4v) is 2.78. The molecular formula is C14H24N2O2S. The van der Waals surface area contributed by atoms with Crippen molar-refractivity contribution in [3.8, 4) is 0 Å². The predicted molar refractivity (Wildman–Crippen MR) is 79.6 cm³/mol. The summed E-state index contributed by atoms with van der Waals surface area (Å²) >= 11 is 0. The maximum absolute atomic E-state index is 11.8. The summed E-state index contributed by atoms with van der Waals surface area (Å²) in [5.41, 5.74) is 2.25. The molecule has 108 valence electrons. The second-order valence-electron chi connectivity index (χ2n) is 4.52. The van der Waals surface area contributed by atoms with E-state index < -0.39 is 10.0 Å². The van der Waals surface area contributed by atoms with Crippen LogP contribution in [0.2, 0.25) is 0 Å². The molecule has 1 rings (SSSR count). The lowest BCUT2D eigenvalue weighted by atomic mass is 10.1. The fourth-order valence-electron chi connectivity index (χ4n) is 1.72. The normalized spacial score (nSPS) is 11.7. The number of rotatable bonds is 9. The Labute approximate surface area is 116 Å². The minimum absolute atomic E-state index is 0.174. The van der Waals surface area contributed by atoms with Crippen molar-refractivity contribution in [2.45, 2.75) is 33.2 Å². The average molecular weight is 284 g/mol. The third-order valence-electron chi connectivity index (χ3n) is 2.94. The van der Waals surface area contributed by atoms with E-state index in [4.69, 9.17) is 0 Å². The number of nitrogens with one attached hydrogen (secondary N) is 2. The van der Waals surface area contributed by atoms with Gasteiger partial charge in [0.2, 0.25) is 10.0 Å². The van der Waals surface area contributed by atoms with Crippen LogP contribution >= 0.6 is 0 Å². The average Bonchev–Trinajstić information content (AvgIpc) is 2.42. The molecule has 0 heterocycles. The molecule has 0 spiro atoms. The van der Waals surface area contributed by atoms with E-state index in [2.05, 4.69) is 17.0 Å². The summed E-state index contributed by atoms with van der Waals surface area (Å²) in [4.78, 5) is 0. The van der Waals surface area contributed by atoms with Crippen molar-refractivity contribution in [2.75, 3.05) is 18.8 Å². The molecule has 4 nitrogen and oxygen atoms in total. The first-order valence-corrected chi connectivity index (χ1v) is 8.48. The summed E-state index contributed by atoms with van der Waals surface area (Å²) in [6, 6.07) is 8.02. The molecule has 2 N–H and O–H groups in total. The van der Waals surface area contributed by atoms with E-state index in [9.17, 15) is 8.42 Å². The van der Waals surface area contributed by atoms with E-state index in [0.717, 1.165) is 25.1 Å². The second-order valence-corrected chi connectivity index (χ2v) is 6.44. The first-order valence-electron chi connectivity index (χ1n) is 6.83. The Balaban J connectivity index is 2.37. The van der Waals surface area contributed by atoms with Gasteiger partial charge in [0.05, 0.1) is 5.75 Å². The van der Waals surface area contributed by atoms with Crippen LogP contribution in [0.25, 0.3) is 0 Å². The Bertz CT molecular complexity index is 455. The highest BCUT2D eigenvalue weighted by Gasteiger charge is 2.09. The number of aryl methyl sites for hydroxylation is 1. The lowest BCUT2D eigenvalue weighted by molar-refractivity contribution is 0.575. The predicted octanol–water partition coefficient (Wildman–Crippen LogP) is 1.67. The minimum Gasteiger partial charge on any atom is -0.317 e. The number of hydrogen-bond acceptors (Lipinski definition) is 3. The molecule has 0 aliphatic carbocycles. The maximum atomic E-state index is 11.8. The maximum Gasteiger partial charge on any atom is 0.211 e. The quantitative estimate of drug-likeness (QED) is 0.678. The van der Waals surface area contributed by atoms with Crippen LogP contribution in [0.3, 0.4) is 0 Å². The molecule has 0 aliphatic rings. The van der Waals surface area contributed by atoms with E-state index in [1.807, 2.05) is 31.2 Å². The third kappa shape index (κ3) is 6.71. The first-order chi connectivity index (χ1) is 9.07. The first kappa shape index (κ1) is 16.1. The van der Waals surface area contributed by atoms with Gasteiger partial charge in [-0.2, -0.15) is 0 Å². The molecule has 5 heteroatoms. The van der Waals surface area contributed by atoms with E-state index in [-0.39, 0.29) is 5.75 Å². The Morgan fingerprint density at radius 1 is 1.05 bits per heavy atom. The SMILES string of the molecule is CCNCCCS(=O)(=O)NCc1ccc(CC)cc1. The van der Waals surface area contributed by atoms with Gasteiger partial charge in [-0.15, -0.1) is 0 Å². The molecule has 1 aromatic carbocycles. The molecule has 0 aromatic heterocycles. The molecule has 0 atom stereocenters. The van der Waals surface area contributed by atoms with Crippen molar-refractivity contribution in [1.82, 2.24) is 10.0 Å². The number of hydrogen-bond donors (Lipinski definition) is 2. The van der Waals surface area contributed by atoms with Crippen molar-refractivity contribution in [3.05, 3.63) is 35.4 Å². The molecule has 0 radical (unpaired) electrons. The van der Waals surface area contributed by atoms with Crippen molar-refractivity contribution >= 4 is 10.0 Å². The van der Waals surface area contributed by atoms with Gasteiger partial charge in [0.1, 0.15) is 0 Å². The largest absolute Gasteiger partial charge is 0.317 e. The summed E-state index contributed by atoms with van der Waals surface area (Å²) in [5, 5.41) is 3.12. The van der Waals surface area contributed by atoms with E-state index in [1.54, 1.807) is 0 Å². The number of benzene rings is 1. The molecular weight excluding hydrogens is 260 g/mol. The van der Waals surface area contributed by atoms with Gasteiger partial charge in [-0.25, -0.2) is 13.1 Å². The summed E-state index contributed by atoms with van der Waals surface area (Å²) in [5.74, 6) is 0.174. The molecule has 0 bridgehead atoms. The van der Waals surface area contributed by atoms with Crippen molar-refractivity contribution in [1.29, 1.82) is 0 Å². The Kier molecular flexibility index (Phi) is 7.05. The fraction of sp³-hybridized carbons (Fsp3) is 0.571.